The van der Waals surface area contributed by atoms with Crippen molar-refractivity contribution < 1.29 is 4.52 Å². The molecular weight excluding hydrogens is 258 g/mol. The number of aryl methyl sites for hydroxylation is 1. The van der Waals surface area contributed by atoms with Crippen LogP contribution in [0.1, 0.15) is 18.7 Å². The van der Waals surface area contributed by atoms with Gasteiger partial charge in [0.2, 0.25) is 0 Å². The quantitative estimate of drug-likeness (QED) is 0.784. The Labute approximate surface area is 118 Å². The van der Waals surface area contributed by atoms with E-state index in [0.29, 0.717) is 11.7 Å². The van der Waals surface area contributed by atoms with E-state index >= 15 is 0 Å². The number of nitrogens with one attached hydrogen (secondary N) is 1. The number of para-hydroxylation sites is 1. The number of thioether (sulfide) groups is 1. The first-order valence-electron chi connectivity index (χ1n) is 6.44. The minimum atomic E-state index is 0.574. The molecule has 102 valence electrons. The largest absolute Gasteiger partial charge is 0.384 e. The highest BCUT2D eigenvalue weighted by atomic mass is 32.2. The normalized spacial score (nSPS) is 10.6. The Kier molecular flexibility index (Phi) is 5.27. The second kappa shape index (κ2) is 7.19. The SMILES string of the molecule is CSCCCCNc1ccccc1-c1nc(C)no1. The Morgan fingerprint density at radius 1 is 1.26 bits per heavy atom. The van der Waals surface area contributed by atoms with Gasteiger partial charge in [0.1, 0.15) is 0 Å². The van der Waals surface area contributed by atoms with Crippen molar-refractivity contribution in [2.24, 2.45) is 0 Å². The fourth-order valence-electron chi connectivity index (χ4n) is 1.82. The molecular formula is C14H19N3OS. The van der Waals surface area contributed by atoms with Crippen LogP contribution >= 0.6 is 11.8 Å². The Bertz CT molecular complexity index is 513. The number of hydrogen-bond acceptors (Lipinski definition) is 5. The Morgan fingerprint density at radius 3 is 2.84 bits per heavy atom. The summed E-state index contributed by atoms with van der Waals surface area (Å²) >= 11 is 1.89. The van der Waals surface area contributed by atoms with Crippen molar-refractivity contribution >= 4 is 17.4 Å². The molecule has 0 aliphatic carbocycles. The van der Waals surface area contributed by atoms with Crippen molar-refractivity contribution in [2.45, 2.75) is 19.8 Å². The Balaban J connectivity index is 2.00. The second-order valence-corrected chi connectivity index (χ2v) is 5.30. The van der Waals surface area contributed by atoms with Crippen LogP contribution in [0.4, 0.5) is 5.69 Å². The minimum Gasteiger partial charge on any atom is -0.384 e. The third-order valence-corrected chi connectivity index (χ3v) is 3.47. The van der Waals surface area contributed by atoms with E-state index in [9.17, 15) is 0 Å². The van der Waals surface area contributed by atoms with Crippen molar-refractivity contribution in [3.63, 3.8) is 0 Å². The van der Waals surface area contributed by atoms with E-state index < -0.39 is 0 Å². The Morgan fingerprint density at radius 2 is 2.11 bits per heavy atom. The molecule has 0 saturated carbocycles. The smallest absolute Gasteiger partial charge is 0.260 e. The van der Waals surface area contributed by atoms with Gasteiger partial charge >= 0.3 is 0 Å². The third-order valence-electron chi connectivity index (χ3n) is 2.78. The van der Waals surface area contributed by atoms with Crippen molar-refractivity contribution in [3.8, 4) is 11.5 Å². The van der Waals surface area contributed by atoms with Crippen molar-refractivity contribution in [3.05, 3.63) is 30.1 Å². The number of benzene rings is 1. The molecule has 0 bridgehead atoms. The average Bonchev–Trinajstić information content (AvgIpc) is 2.85. The van der Waals surface area contributed by atoms with Crippen LogP contribution in [0.15, 0.2) is 28.8 Å². The standard InChI is InChI=1S/C14H19N3OS/c1-11-16-14(18-17-11)12-7-3-4-8-13(12)15-9-5-6-10-19-2/h3-4,7-8,15H,5-6,9-10H2,1-2H3. The van der Waals surface area contributed by atoms with Gasteiger partial charge in [0.15, 0.2) is 5.82 Å². The molecule has 4 nitrogen and oxygen atoms in total. The lowest BCUT2D eigenvalue weighted by Gasteiger charge is -2.09. The maximum Gasteiger partial charge on any atom is 0.260 e. The van der Waals surface area contributed by atoms with Crippen molar-refractivity contribution in [1.29, 1.82) is 0 Å². The maximum atomic E-state index is 5.23. The summed E-state index contributed by atoms with van der Waals surface area (Å²) in [7, 11) is 0. The van der Waals surface area contributed by atoms with E-state index in [1.54, 1.807) is 0 Å². The number of anilines is 1. The van der Waals surface area contributed by atoms with Gasteiger partial charge in [-0.15, -0.1) is 0 Å². The molecule has 1 heterocycles. The van der Waals surface area contributed by atoms with Gasteiger partial charge in [0.25, 0.3) is 5.89 Å². The highest BCUT2D eigenvalue weighted by Crippen LogP contribution is 2.26. The summed E-state index contributed by atoms with van der Waals surface area (Å²) in [5, 5.41) is 7.28. The van der Waals surface area contributed by atoms with Crippen LogP contribution in [0, 0.1) is 6.92 Å². The first-order valence-corrected chi connectivity index (χ1v) is 7.83. The molecule has 5 heteroatoms. The van der Waals surface area contributed by atoms with Gasteiger partial charge in [-0.1, -0.05) is 17.3 Å². The minimum absolute atomic E-state index is 0.574. The summed E-state index contributed by atoms with van der Waals surface area (Å²) in [4.78, 5) is 4.28. The van der Waals surface area contributed by atoms with E-state index in [0.717, 1.165) is 24.2 Å². The molecule has 19 heavy (non-hydrogen) atoms. The topological polar surface area (TPSA) is 51.0 Å². The second-order valence-electron chi connectivity index (χ2n) is 4.32. The molecule has 0 radical (unpaired) electrons. The molecule has 0 atom stereocenters. The molecule has 1 aromatic heterocycles. The molecule has 0 spiro atoms. The van der Waals surface area contributed by atoms with Crippen LogP contribution in [0.5, 0.6) is 0 Å². The van der Waals surface area contributed by atoms with Gasteiger partial charge in [-0.3, -0.25) is 0 Å². The predicted octanol–water partition coefficient (Wildman–Crippen LogP) is 3.60. The van der Waals surface area contributed by atoms with E-state index in [4.69, 9.17) is 4.52 Å². The lowest BCUT2D eigenvalue weighted by Crippen LogP contribution is -2.03. The molecule has 0 amide bonds. The summed E-state index contributed by atoms with van der Waals surface area (Å²) in [6.45, 7) is 2.79. The molecule has 1 N–H and O–H groups in total. The van der Waals surface area contributed by atoms with Crippen LogP contribution < -0.4 is 5.32 Å². The van der Waals surface area contributed by atoms with Gasteiger partial charge in [0, 0.05) is 12.2 Å². The third kappa shape index (κ3) is 3.99. The summed E-state index contributed by atoms with van der Waals surface area (Å²) in [5.41, 5.74) is 2.02. The zero-order valence-electron chi connectivity index (χ0n) is 11.3. The number of aromatic nitrogens is 2. The molecule has 2 aromatic rings. The van der Waals surface area contributed by atoms with Crippen LogP contribution in [0.25, 0.3) is 11.5 Å². The van der Waals surface area contributed by atoms with E-state index in [1.165, 1.54) is 12.2 Å². The number of nitrogens with zero attached hydrogens (tertiary/aromatic N) is 2. The van der Waals surface area contributed by atoms with Crippen LogP contribution in [0.3, 0.4) is 0 Å². The van der Waals surface area contributed by atoms with Gasteiger partial charge in [-0.25, -0.2) is 0 Å². The van der Waals surface area contributed by atoms with E-state index in [-0.39, 0.29) is 0 Å². The van der Waals surface area contributed by atoms with Gasteiger partial charge < -0.3 is 9.84 Å². The van der Waals surface area contributed by atoms with Gasteiger partial charge in [0.05, 0.1) is 5.56 Å². The molecule has 0 saturated heterocycles. The predicted molar refractivity (Wildman–Crippen MR) is 80.6 cm³/mol. The zero-order valence-corrected chi connectivity index (χ0v) is 12.2. The molecule has 0 fully saturated rings. The summed E-state index contributed by atoms with van der Waals surface area (Å²) in [6, 6.07) is 8.03. The molecule has 0 aliphatic heterocycles. The lowest BCUT2D eigenvalue weighted by atomic mass is 10.1. The highest BCUT2D eigenvalue weighted by molar-refractivity contribution is 7.98. The molecule has 0 aliphatic rings. The van der Waals surface area contributed by atoms with Crippen LogP contribution in [0.2, 0.25) is 0 Å². The van der Waals surface area contributed by atoms with E-state index in [2.05, 4.69) is 21.7 Å². The monoisotopic (exact) mass is 277 g/mol. The van der Waals surface area contributed by atoms with Gasteiger partial charge in [-0.05, 0) is 43.9 Å². The van der Waals surface area contributed by atoms with Crippen molar-refractivity contribution in [1.82, 2.24) is 10.1 Å². The van der Waals surface area contributed by atoms with Crippen LogP contribution in [-0.4, -0.2) is 28.7 Å². The highest BCUT2D eigenvalue weighted by Gasteiger charge is 2.10. The number of hydrogen-bond donors (Lipinski definition) is 1. The summed E-state index contributed by atoms with van der Waals surface area (Å²) in [5.74, 6) is 2.45. The van der Waals surface area contributed by atoms with E-state index in [1.807, 2.05) is 43.0 Å². The molecule has 0 unspecified atom stereocenters. The number of unbranched alkanes of at least 4 members (excludes halogenated alkanes) is 1. The lowest BCUT2D eigenvalue weighted by molar-refractivity contribution is 0.426. The van der Waals surface area contributed by atoms with Gasteiger partial charge in [-0.2, -0.15) is 16.7 Å². The molecule has 2 rings (SSSR count). The van der Waals surface area contributed by atoms with Crippen molar-refractivity contribution in [2.75, 3.05) is 23.9 Å². The zero-order chi connectivity index (χ0) is 13.5. The first kappa shape index (κ1) is 13.9. The summed E-state index contributed by atoms with van der Waals surface area (Å²) < 4.78 is 5.23. The number of rotatable bonds is 7. The van der Waals surface area contributed by atoms with Crippen LogP contribution in [-0.2, 0) is 0 Å². The Hall–Kier alpha value is -1.49. The fraction of sp³-hybridized carbons (Fsp3) is 0.429. The maximum absolute atomic E-state index is 5.23. The first-order chi connectivity index (χ1) is 9.31. The fourth-order valence-corrected chi connectivity index (χ4v) is 2.32. The summed E-state index contributed by atoms with van der Waals surface area (Å²) in [6.07, 6.45) is 4.54. The average molecular weight is 277 g/mol. The molecule has 1 aromatic carbocycles.